The molecule has 2 aromatic heterocycles. The molecule has 1 N–H and O–H groups in total. The second kappa shape index (κ2) is 7.03. The lowest BCUT2D eigenvalue weighted by atomic mass is 10.2. The van der Waals surface area contributed by atoms with Crippen molar-refractivity contribution in [2.75, 3.05) is 13.2 Å². The fourth-order valence-corrected chi connectivity index (χ4v) is 5.39. The van der Waals surface area contributed by atoms with E-state index in [1.54, 1.807) is 0 Å². The second-order valence-electron chi connectivity index (χ2n) is 7.34. The SMILES string of the molecule is CCn1c(C)c(-c2nc(C3CC3)no2)c(S(=O)(=O)NC[C@H]2CCCO2)c1C. The number of sulfonamides is 1. The Morgan fingerprint density at radius 1 is 1.22 bits per heavy atom. The highest BCUT2D eigenvalue weighted by Crippen LogP contribution is 2.40. The summed E-state index contributed by atoms with van der Waals surface area (Å²) in [6, 6.07) is 0. The normalized spacial score (nSPS) is 20.5. The third-order valence-corrected chi connectivity index (χ3v) is 7.02. The fraction of sp³-hybridized carbons (Fsp3) is 0.667. The predicted octanol–water partition coefficient (Wildman–Crippen LogP) is 2.51. The summed E-state index contributed by atoms with van der Waals surface area (Å²) in [4.78, 5) is 4.72. The van der Waals surface area contributed by atoms with Crippen molar-refractivity contribution >= 4 is 10.0 Å². The van der Waals surface area contributed by atoms with Crippen molar-refractivity contribution in [2.45, 2.75) is 69.9 Å². The van der Waals surface area contributed by atoms with Crippen LogP contribution in [0.1, 0.15) is 55.7 Å². The van der Waals surface area contributed by atoms with Gasteiger partial charge in [0.2, 0.25) is 10.0 Å². The summed E-state index contributed by atoms with van der Waals surface area (Å²) in [5, 5.41) is 4.06. The molecule has 2 aromatic rings. The van der Waals surface area contributed by atoms with Crippen LogP contribution in [0.3, 0.4) is 0 Å². The fourth-order valence-electron chi connectivity index (χ4n) is 3.83. The van der Waals surface area contributed by atoms with Gasteiger partial charge in [0.1, 0.15) is 4.90 Å². The summed E-state index contributed by atoms with van der Waals surface area (Å²) in [5.41, 5.74) is 2.00. The lowest BCUT2D eigenvalue weighted by Gasteiger charge is -2.12. The molecule has 1 aliphatic carbocycles. The minimum atomic E-state index is -3.74. The van der Waals surface area contributed by atoms with Crippen LogP contribution < -0.4 is 4.72 Å². The van der Waals surface area contributed by atoms with Gasteiger partial charge in [-0.1, -0.05) is 5.16 Å². The van der Waals surface area contributed by atoms with Gasteiger partial charge in [0, 0.05) is 37.0 Å². The Balaban J connectivity index is 1.73. The van der Waals surface area contributed by atoms with Crippen molar-refractivity contribution in [1.82, 2.24) is 19.4 Å². The number of nitrogens with one attached hydrogen (secondary N) is 1. The minimum Gasteiger partial charge on any atom is -0.377 e. The predicted molar refractivity (Wildman–Crippen MR) is 99.0 cm³/mol. The van der Waals surface area contributed by atoms with Gasteiger partial charge in [0.05, 0.1) is 11.7 Å². The molecule has 148 valence electrons. The second-order valence-corrected chi connectivity index (χ2v) is 9.04. The number of rotatable bonds is 7. The highest BCUT2D eigenvalue weighted by Gasteiger charge is 2.34. The molecule has 4 rings (SSSR count). The Kier molecular flexibility index (Phi) is 4.85. The van der Waals surface area contributed by atoms with E-state index in [9.17, 15) is 8.42 Å². The molecule has 0 amide bonds. The van der Waals surface area contributed by atoms with Gasteiger partial charge in [0.25, 0.3) is 5.89 Å². The quantitative estimate of drug-likeness (QED) is 0.775. The summed E-state index contributed by atoms with van der Waals surface area (Å²) >= 11 is 0. The maximum atomic E-state index is 13.2. The van der Waals surface area contributed by atoms with Crippen molar-refractivity contribution in [3.63, 3.8) is 0 Å². The van der Waals surface area contributed by atoms with Crippen molar-refractivity contribution < 1.29 is 17.7 Å². The van der Waals surface area contributed by atoms with Crippen LogP contribution in [0.15, 0.2) is 9.42 Å². The van der Waals surface area contributed by atoms with E-state index in [0.29, 0.717) is 36.2 Å². The largest absolute Gasteiger partial charge is 0.377 e. The molecule has 27 heavy (non-hydrogen) atoms. The summed E-state index contributed by atoms with van der Waals surface area (Å²) in [6.45, 7) is 7.33. The van der Waals surface area contributed by atoms with E-state index in [0.717, 1.165) is 31.4 Å². The molecular formula is C18H26N4O4S. The molecule has 3 heterocycles. The van der Waals surface area contributed by atoms with E-state index in [1.165, 1.54) is 0 Å². The van der Waals surface area contributed by atoms with Crippen LogP contribution in [-0.2, 0) is 21.3 Å². The van der Waals surface area contributed by atoms with E-state index in [2.05, 4.69) is 14.9 Å². The topological polar surface area (TPSA) is 99.3 Å². The van der Waals surface area contributed by atoms with Crippen molar-refractivity contribution in [1.29, 1.82) is 0 Å². The van der Waals surface area contributed by atoms with Gasteiger partial charge in [0.15, 0.2) is 5.82 Å². The zero-order chi connectivity index (χ0) is 19.2. The maximum absolute atomic E-state index is 13.2. The van der Waals surface area contributed by atoms with Gasteiger partial charge in [-0.15, -0.1) is 0 Å². The number of hydrogen-bond donors (Lipinski definition) is 1. The Labute approximate surface area is 159 Å². The minimum absolute atomic E-state index is 0.0669. The van der Waals surface area contributed by atoms with Crippen LogP contribution in [0.2, 0.25) is 0 Å². The summed E-state index contributed by atoms with van der Waals surface area (Å²) in [6.07, 6.45) is 3.89. The highest BCUT2D eigenvalue weighted by atomic mass is 32.2. The molecule has 0 radical (unpaired) electrons. The maximum Gasteiger partial charge on any atom is 0.261 e. The van der Waals surface area contributed by atoms with Gasteiger partial charge < -0.3 is 13.8 Å². The zero-order valence-electron chi connectivity index (χ0n) is 16.0. The average molecular weight is 394 g/mol. The van der Waals surface area contributed by atoms with Crippen LogP contribution in [0.5, 0.6) is 0 Å². The van der Waals surface area contributed by atoms with Gasteiger partial charge in [-0.2, -0.15) is 4.98 Å². The highest BCUT2D eigenvalue weighted by molar-refractivity contribution is 7.89. The van der Waals surface area contributed by atoms with Gasteiger partial charge in [-0.25, -0.2) is 13.1 Å². The summed E-state index contributed by atoms with van der Waals surface area (Å²) in [7, 11) is -3.74. The number of hydrogen-bond acceptors (Lipinski definition) is 6. The Morgan fingerprint density at radius 2 is 2.00 bits per heavy atom. The van der Waals surface area contributed by atoms with E-state index in [-0.39, 0.29) is 23.4 Å². The molecule has 2 aliphatic rings. The lowest BCUT2D eigenvalue weighted by Crippen LogP contribution is -2.32. The Morgan fingerprint density at radius 3 is 2.63 bits per heavy atom. The number of ether oxygens (including phenoxy) is 1. The third kappa shape index (κ3) is 3.43. The average Bonchev–Trinajstić information content (AvgIpc) is 3.06. The summed E-state index contributed by atoms with van der Waals surface area (Å²) in [5.74, 6) is 1.29. The molecule has 1 saturated carbocycles. The number of aromatic nitrogens is 3. The third-order valence-electron chi connectivity index (χ3n) is 5.44. The van der Waals surface area contributed by atoms with Crippen LogP contribution >= 0.6 is 0 Å². The van der Waals surface area contributed by atoms with Crippen molar-refractivity contribution in [2.24, 2.45) is 0 Å². The molecular weight excluding hydrogens is 368 g/mol. The van der Waals surface area contributed by atoms with E-state index < -0.39 is 10.0 Å². The molecule has 1 atom stereocenters. The molecule has 9 heteroatoms. The molecule has 0 unspecified atom stereocenters. The van der Waals surface area contributed by atoms with Crippen molar-refractivity contribution in [3.8, 4) is 11.5 Å². The van der Waals surface area contributed by atoms with E-state index in [1.807, 2.05) is 25.3 Å². The Hall–Kier alpha value is -1.71. The first-order valence-corrected chi connectivity index (χ1v) is 11.1. The van der Waals surface area contributed by atoms with E-state index >= 15 is 0 Å². The molecule has 0 spiro atoms. The van der Waals surface area contributed by atoms with Gasteiger partial charge in [-0.3, -0.25) is 0 Å². The van der Waals surface area contributed by atoms with Gasteiger partial charge >= 0.3 is 0 Å². The summed E-state index contributed by atoms with van der Waals surface area (Å²) < 4.78 is 42.0. The molecule has 1 aliphatic heterocycles. The number of nitrogens with zero attached hydrogens (tertiary/aromatic N) is 3. The van der Waals surface area contributed by atoms with E-state index in [4.69, 9.17) is 9.26 Å². The zero-order valence-corrected chi connectivity index (χ0v) is 16.8. The first-order chi connectivity index (χ1) is 12.9. The van der Waals surface area contributed by atoms with Crippen LogP contribution in [0.25, 0.3) is 11.5 Å². The standard InChI is InChI=1S/C18H26N4O4S/c1-4-22-11(2)15(18-20-17(21-26-18)13-7-8-13)16(12(22)3)27(23,24)19-10-14-6-5-9-25-14/h13-14,19H,4-10H2,1-3H3/t14-/m1/s1. The van der Waals surface area contributed by atoms with Gasteiger partial charge in [-0.05, 0) is 46.5 Å². The smallest absolute Gasteiger partial charge is 0.261 e. The monoisotopic (exact) mass is 394 g/mol. The van der Waals surface area contributed by atoms with Crippen LogP contribution in [-0.4, -0.2) is 42.4 Å². The molecule has 2 fully saturated rings. The van der Waals surface area contributed by atoms with Crippen LogP contribution in [0, 0.1) is 13.8 Å². The first kappa shape index (κ1) is 18.6. The molecule has 0 aromatic carbocycles. The van der Waals surface area contributed by atoms with Crippen molar-refractivity contribution in [3.05, 3.63) is 17.2 Å². The Bertz CT molecular complexity index is 937. The van der Waals surface area contributed by atoms with Crippen LogP contribution in [0.4, 0.5) is 0 Å². The first-order valence-electron chi connectivity index (χ1n) is 9.57. The molecule has 8 nitrogen and oxygen atoms in total. The molecule has 1 saturated heterocycles. The molecule has 0 bridgehead atoms. The lowest BCUT2D eigenvalue weighted by molar-refractivity contribution is 0.114.